The Kier molecular flexibility index (Phi) is 3.70. The van der Waals surface area contributed by atoms with Gasteiger partial charge in [-0.25, -0.2) is 0 Å². The second-order valence-corrected chi connectivity index (χ2v) is 5.43. The molecule has 0 N–H and O–H groups in total. The van der Waals surface area contributed by atoms with Crippen LogP contribution in [0.25, 0.3) is 0 Å². The predicted octanol–water partition coefficient (Wildman–Crippen LogP) is 4.09. The molecule has 0 unspecified atom stereocenters. The topological polar surface area (TPSA) is 26.3 Å². The Hall–Kier alpha value is -2.09. The predicted molar refractivity (Wildman–Crippen MR) is 76.7 cm³/mol. The lowest BCUT2D eigenvalue weighted by atomic mass is 10.0. The van der Waals surface area contributed by atoms with E-state index >= 15 is 0 Å². The number of ketones is 1. The molecule has 0 saturated heterocycles. The molecule has 0 bridgehead atoms. The van der Waals surface area contributed by atoms with Gasteiger partial charge in [-0.05, 0) is 45.0 Å². The first-order valence-corrected chi connectivity index (χ1v) is 6.34. The highest BCUT2D eigenvalue weighted by atomic mass is 16.5. The monoisotopic (exact) mass is 254 g/mol. The molecule has 0 aliphatic heterocycles. The molecule has 2 aromatic carbocycles. The third-order valence-electron chi connectivity index (χ3n) is 2.58. The zero-order valence-electron chi connectivity index (χ0n) is 11.5. The van der Waals surface area contributed by atoms with Gasteiger partial charge in [0.25, 0.3) is 0 Å². The van der Waals surface area contributed by atoms with E-state index in [-0.39, 0.29) is 11.4 Å². The Morgan fingerprint density at radius 2 is 1.37 bits per heavy atom. The van der Waals surface area contributed by atoms with E-state index < -0.39 is 0 Å². The van der Waals surface area contributed by atoms with Crippen molar-refractivity contribution in [3.05, 3.63) is 65.7 Å². The maximum absolute atomic E-state index is 12.2. The van der Waals surface area contributed by atoms with Crippen molar-refractivity contribution in [1.29, 1.82) is 0 Å². The van der Waals surface area contributed by atoms with Gasteiger partial charge in [0.2, 0.25) is 0 Å². The lowest BCUT2D eigenvalue weighted by molar-refractivity contribution is 0.103. The van der Waals surface area contributed by atoms with E-state index in [0.717, 1.165) is 5.75 Å². The molecule has 0 saturated carbocycles. The summed E-state index contributed by atoms with van der Waals surface area (Å²) in [6, 6.07) is 16.5. The van der Waals surface area contributed by atoms with Crippen LogP contribution in [0.15, 0.2) is 54.6 Å². The molecular formula is C17H18O2. The molecule has 2 nitrogen and oxygen atoms in total. The molecule has 0 fully saturated rings. The van der Waals surface area contributed by atoms with Gasteiger partial charge in [0.15, 0.2) is 5.78 Å². The highest BCUT2D eigenvalue weighted by molar-refractivity contribution is 6.08. The van der Waals surface area contributed by atoms with Crippen LogP contribution < -0.4 is 4.74 Å². The average molecular weight is 254 g/mol. The van der Waals surface area contributed by atoms with E-state index in [4.69, 9.17) is 4.74 Å². The molecule has 19 heavy (non-hydrogen) atoms. The average Bonchev–Trinajstić information content (AvgIpc) is 2.38. The molecule has 98 valence electrons. The second-order valence-electron chi connectivity index (χ2n) is 5.43. The van der Waals surface area contributed by atoms with Crippen LogP contribution in [0.2, 0.25) is 0 Å². The highest BCUT2D eigenvalue weighted by Crippen LogP contribution is 2.19. The standard InChI is InChI=1S/C17H18O2/c1-17(2,3)19-15-11-9-14(10-12-15)16(18)13-7-5-4-6-8-13/h4-12H,1-3H3. The fourth-order valence-corrected chi connectivity index (χ4v) is 1.78. The van der Waals surface area contributed by atoms with Gasteiger partial charge in [0, 0.05) is 11.1 Å². The molecule has 0 atom stereocenters. The quantitative estimate of drug-likeness (QED) is 0.771. The summed E-state index contributed by atoms with van der Waals surface area (Å²) in [4.78, 5) is 12.2. The van der Waals surface area contributed by atoms with Crippen LogP contribution in [0.4, 0.5) is 0 Å². The molecule has 0 aliphatic rings. The molecule has 0 radical (unpaired) electrons. The van der Waals surface area contributed by atoms with Crippen LogP contribution in [0, 0.1) is 0 Å². The van der Waals surface area contributed by atoms with Crippen LogP contribution in [0.1, 0.15) is 36.7 Å². The Balaban J connectivity index is 2.17. The van der Waals surface area contributed by atoms with E-state index in [9.17, 15) is 4.79 Å². The summed E-state index contributed by atoms with van der Waals surface area (Å²) in [6.07, 6.45) is 0. The van der Waals surface area contributed by atoms with Crippen LogP contribution in [0.3, 0.4) is 0 Å². The molecule has 2 aromatic rings. The van der Waals surface area contributed by atoms with Crippen molar-refractivity contribution in [2.45, 2.75) is 26.4 Å². The summed E-state index contributed by atoms with van der Waals surface area (Å²) in [7, 11) is 0. The van der Waals surface area contributed by atoms with Gasteiger partial charge in [-0.15, -0.1) is 0 Å². The molecule has 0 aromatic heterocycles. The van der Waals surface area contributed by atoms with E-state index in [0.29, 0.717) is 11.1 Å². The van der Waals surface area contributed by atoms with Crippen LogP contribution in [-0.2, 0) is 0 Å². The fraction of sp³-hybridized carbons (Fsp3) is 0.235. The van der Waals surface area contributed by atoms with Crippen LogP contribution >= 0.6 is 0 Å². The van der Waals surface area contributed by atoms with Crippen molar-refractivity contribution in [1.82, 2.24) is 0 Å². The van der Waals surface area contributed by atoms with Gasteiger partial charge in [0.05, 0.1) is 0 Å². The summed E-state index contributed by atoms with van der Waals surface area (Å²) in [6.45, 7) is 5.99. The first-order valence-electron chi connectivity index (χ1n) is 6.34. The van der Waals surface area contributed by atoms with E-state index in [1.54, 1.807) is 12.1 Å². The summed E-state index contributed by atoms with van der Waals surface area (Å²) in [5.74, 6) is 0.806. The molecular weight excluding hydrogens is 236 g/mol. The number of carbonyl (C=O) groups is 1. The van der Waals surface area contributed by atoms with Crippen LogP contribution in [-0.4, -0.2) is 11.4 Å². The van der Waals surface area contributed by atoms with E-state index in [2.05, 4.69) is 0 Å². The van der Waals surface area contributed by atoms with Crippen molar-refractivity contribution in [2.24, 2.45) is 0 Å². The van der Waals surface area contributed by atoms with Crippen molar-refractivity contribution in [2.75, 3.05) is 0 Å². The lowest BCUT2D eigenvalue weighted by Gasteiger charge is -2.21. The van der Waals surface area contributed by atoms with E-state index in [1.165, 1.54) is 0 Å². The van der Waals surface area contributed by atoms with Gasteiger partial charge in [-0.1, -0.05) is 30.3 Å². The van der Waals surface area contributed by atoms with Crippen molar-refractivity contribution in [3.8, 4) is 5.75 Å². The SMILES string of the molecule is CC(C)(C)Oc1ccc(C(=O)c2ccccc2)cc1. The summed E-state index contributed by atoms with van der Waals surface area (Å²) in [5.41, 5.74) is 1.14. The fourth-order valence-electron chi connectivity index (χ4n) is 1.78. The van der Waals surface area contributed by atoms with Gasteiger partial charge in [-0.3, -0.25) is 4.79 Å². The Bertz CT molecular complexity index is 548. The molecule has 2 rings (SSSR count). The lowest BCUT2D eigenvalue weighted by Crippen LogP contribution is -2.22. The maximum Gasteiger partial charge on any atom is 0.193 e. The molecule has 2 heteroatoms. The molecule has 0 heterocycles. The number of hydrogen-bond acceptors (Lipinski definition) is 2. The Morgan fingerprint density at radius 1 is 0.842 bits per heavy atom. The number of carbonyl (C=O) groups excluding carboxylic acids is 1. The van der Waals surface area contributed by atoms with Crippen molar-refractivity contribution < 1.29 is 9.53 Å². The highest BCUT2D eigenvalue weighted by Gasteiger charge is 2.13. The molecule has 0 spiro atoms. The van der Waals surface area contributed by atoms with Crippen molar-refractivity contribution >= 4 is 5.78 Å². The van der Waals surface area contributed by atoms with Crippen LogP contribution in [0.5, 0.6) is 5.75 Å². The van der Waals surface area contributed by atoms with Crippen molar-refractivity contribution in [3.63, 3.8) is 0 Å². The van der Waals surface area contributed by atoms with Gasteiger partial charge in [0.1, 0.15) is 11.4 Å². The van der Waals surface area contributed by atoms with Gasteiger partial charge >= 0.3 is 0 Å². The molecule has 0 aliphatic carbocycles. The zero-order valence-corrected chi connectivity index (χ0v) is 11.5. The summed E-state index contributed by atoms with van der Waals surface area (Å²) >= 11 is 0. The van der Waals surface area contributed by atoms with Gasteiger partial charge in [-0.2, -0.15) is 0 Å². The minimum absolute atomic E-state index is 0.0305. The summed E-state index contributed by atoms with van der Waals surface area (Å²) < 4.78 is 5.73. The third kappa shape index (κ3) is 3.68. The Morgan fingerprint density at radius 3 is 1.89 bits per heavy atom. The molecule has 0 amide bonds. The third-order valence-corrected chi connectivity index (χ3v) is 2.58. The minimum atomic E-state index is -0.231. The zero-order chi connectivity index (χ0) is 13.9. The van der Waals surface area contributed by atoms with E-state index in [1.807, 2.05) is 63.2 Å². The maximum atomic E-state index is 12.2. The number of ether oxygens (including phenoxy) is 1. The minimum Gasteiger partial charge on any atom is -0.488 e. The number of hydrogen-bond donors (Lipinski definition) is 0. The number of benzene rings is 2. The smallest absolute Gasteiger partial charge is 0.193 e. The van der Waals surface area contributed by atoms with Gasteiger partial charge < -0.3 is 4.74 Å². The second kappa shape index (κ2) is 5.27. The first kappa shape index (κ1) is 13.3. The normalized spacial score (nSPS) is 11.1. The first-order chi connectivity index (χ1) is 8.96. The number of rotatable bonds is 3. The Labute approximate surface area is 114 Å². The summed E-state index contributed by atoms with van der Waals surface area (Å²) in [5, 5.41) is 0. The largest absolute Gasteiger partial charge is 0.488 e.